The molecule has 25 nitrogen and oxygen atoms in total. The van der Waals surface area contributed by atoms with Gasteiger partial charge in [0, 0.05) is 37.1 Å². The number of hydrogen-bond donors (Lipinski definition) is 6. The van der Waals surface area contributed by atoms with Crippen molar-refractivity contribution in [3.63, 3.8) is 0 Å². The van der Waals surface area contributed by atoms with Gasteiger partial charge in [-0.05, 0) is 6.42 Å². The maximum absolute atomic E-state index is 12.6. The van der Waals surface area contributed by atoms with Gasteiger partial charge in [-0.2, -0.15) is 0 Å². The molecule has 3 rings (SSSR count). The second kappa shape index (κ2) is 27.6. The zero-order chi connectivity index (χ0) is 49.1. The maximum Gasteiger partial charge on any atom is 0.274 e. The average molecular weight is 1020 g/mol. The molecule has 29 heteroatoms. The first-order chi connectivity index (χ1) is 30.9. The number of thioether (sulfide) groups is 1. The largest absolute Gasteiger partial charge is 0.790 e. The first kappa shape index (κ1) is 57.8. The van der Waals surface area contributed by atoms with Crippen molar-refractivity contribution in [1.82, 2.24) is 30.2 Å². The van der Waals surface area contributed by atoms with Gasteiger partial charge in [-0.15, -0.1) is 0 Å². The molecule has 0 bridgehead atoms. The molecule has 2 amide bonds. The summed E-state index contributed by atoms with van der Waals surface area (Å²) in [5.41, 5.74) is 4.06. The van der Waals surface area contributed by atoms with E-state index in [9.17, 15) is 63.0 Å². The first-order valence-corrected chi connectivity index (χ1v) is 27.0. The minimum absolute atomic E-state index is 0.0166. The van der Waals surface area contributed by atoms with Crippen LogP contribution in [0.3, 0.4) is 0 Å². The summed E-state index contributed by atoms with van der Waals surface area (Å²) in [6, 6.07) is 0. The van der Waals surface area contributed by atoms with Gasteiger partial charge in [0.15, 0.2) is 22.8 Å². The second-order valence-electron chi connectivity index (χ2n) is 16.4. The Kier molecular flexibility index (Phi) is 24.2. The molecule has 8 atom stereocenters. The van der Waals surface area contributed by atoms with Crippen LogP contribution in [0, 0.1) is 5.41 Å². The number of ether oxygens (including phenoxy) is 1. The van der Waals surface area contributed by atoms with Crippen molar-refractivity contribution in [2.45, 2.75) is 147 Å². The molecular weight excluding hydrogens is 955 g/mol. The van der Waals surface area contributed by atoms with E-state index in [4.69, 9.17) is 10.5 Å². The Labute approximate surface area is 387 Å². The number of amides is 2. The lowest BCUT2D eigenvalue weighted by atomic mass is 9.87. The number of carbonyl (C=O) groups excluding carboxylic acids is 3. The highest BCUT2D eigenvalue weighted by molar-refractivity contribution is 8.13. The maximum atomic E-state index is 12.6. The van der Waals surface area contributed by atoms with Crippen molar-refractivity contribution >= 4 is 69.1 Å². The van der Waals surface area contributed by atoms with E-state index in [-0.39, 0.29) is 53.8 Å². The van der Waals surface area contributed by atoms with Crippen LogP contribution in [0.4, 0.5) is 5.82 Å². The Morgan fingerprint density at radius 1 is 0.924 bits per heavy atom. The number of fused-ring (bicyclic) bond motifs is 1. The number of phosphoric acid groups is 3. The quantitative estimate of drug-likeness (QED) is 0.0421. The highest BCUT2D eigenvalue weighted by Crippen LogP contribution is 2.56. The smallest absolute Gasteiger partial charge is 0.274 e. The number of nitrogen functional groups attached to an aromatic ring is 1. The SMILES string of the molecule is CCCCCCCCCCCCC[C@H](O)CC(=O)SCCNC(=O)CCNC(=O)[C@H](O)C(C)(C)COP(=O)([O-])OP(=O)([O-])OC[C@H]1O[C@@H](n2cnc3c(N)ncnc32)[C@H](O)[C@@H]1OP(=O)([O-])[O-]. The lowest BCUT2D eigenvalue weighted by molar-refractivity contribution is -0.347. The van der Waals surface area contributed by atoms with Gasteiger partial charge in [0.05, 0.1) is 33.5 Å². The number of nitrogens with zero attached hydrogens (tertiary/aromatic N) is 4. The fraction of sp³-hybridized carbons (Fsp3) is 0.784. The second-order valence-corrected chi connectivity index (χ2v) is 21.6. The van der Waals surface area contributed by atoms with Crippen LogP contribution in [-0.4, -0.2) is 114 Å². The summed E-state index contributed by atoms with van der Waals surface area (Å²) in [4.78, 5) is 96.8. The molecule has 2 unspecified atom stereocenters. The molecule has 1 fully saturated rings. The van der Waals surface area contributed by atoms with Crippen LogP contribution in [0.15, 0.2) is 12.7 Å². The topological polar surface area (TPSA) is 395 Å². The van der Waals surface area contributed by atoms with Crippen LogP contribution in [-0.2, 0) is 50.7 Å². The molecule has 66 heavy (non-hydrogen) atoms. The molecule has 0 aromatic carbocycles. The standard InChI is InChI=1S/C37H66N7O18P3S/c1-4-5-6-7-8-9-10-11-12-13-14-15-25(45)20-28(47)66-19-18-39-27(46)16-17-40-35(50)32(49)37(2,3)22-59-65(56,57)62-64(54,55)58-21-26-31(61-63(51,52)53)30(48)36(60-26)44-24-43-29-33(38)41-23-42-34(29)44/h23-26,30-32,36,45,48-49H,4-22H2,1-3H3,(H,39,46)(H,40,50)(H,54,55)(H,56,57)(H2,38,41,42)(H2,51,52,53)/p-4/t25-,26+,30+,31+,32-,36+/m0/s1. The van der Waals surface area contributed by atoms with E-state index < -0.39 is 90.7 Å². The van der Waals surface area contributed by atoms with Crippen LogP contribution in [0.5, 0.6) is 0 Å². The Morgan fingerprint density at radius 3 is 2.18 bits per heavy atom. The number of nitrogens with one attached hydrogen (secondary N) is 2. The Hall–Kier alpha value is -2.48. The highest BCUT2D eigenvalue weighted by Gasteiger charge is 2.47. The summed E-state index contributed by atoms with van der Waals surface area (Å²) in [7, 11) is -17.6. The molecule has 2 aromatic rings. The number of nitrogens with two attached hydrogens (primary N) is 1. The van der Waals surface area contributed by atoms with Crippen molar-refractivity contribution in [1.29, 1.82) is 0 Å². The molecule has 1 aliphatic rings. The number of phosphoric ester groups is 3. The highest BCUT2D eigenvalue weighted by atomic mass is 32.2. The van der Waals surface area contributed by atoms with Gasteiger partial charge in [-0.1, -0.05) is 103 Å². The first-order valence-electron chi connectivity index (χ1n) is 21.6. The Bertz CT molecular complexity index is 2000. The molecule has 2 aromatic heterocycles. The van der Waals surface area contributed by atoms with Crippen molar-refractivity contribution in [2.75, 3.05) is 37.8 Å². The number of carbonyl (C=O) groups is 3. The van der Waals surface area contributed by atoms with Gasteiger partial charge in [0.1, 0.15) is 36.3 Å². The predicted octanol–water partition coefficient (Wildman–Crippen LogP) is 0.589. The van der Waals surface area contributed by atoms with Crippen LogP contribution in [0.2, 0.25) is 0 Å². The van der Waals surface area contributed by atoms with Gasteiger partial charge in [0.2, 0.25) is 11.8 Å². The summed E-state index contributed by atoms with van der Waals surface area (Å²) in [5.74, 6) is -1.33. The molecule has 0 radical (unpaired) electrons. The third kappa shape index (κ3) is 20.6. The Morgan fingerprint density at radius 2 is 1.55 bits per heavy atom. The Balaban J connectivity index is 1.33. The summed E-state index contributed by atoms with van der Waals surface area (Å²) >= 11 is 0.987. The molecule has 3 heterocycles. The van der Waals surface area contributed by atoms with E-state index in [1.807, 2.05) is 0 Å². The molecule has 0 spiro atoms. The molecule has 0 aliphatic carbocycles. The van der Waals surface area contributed by atoms with E-state index in [1.165, 1.54) is 65.2 Å². The minimum atomic E-state index is -5.93. The number of imidazole rings is 1. The number of aliphatic hydroxyl groups excluding tert-OH is 3. The number of aliphatic hydroxyl groups is 3. The normalized spacial score (nSPS) is 20.7. The molecule has 1 aliphatic heterocycles. The van der Waals surface area contributed by atoms with E-state index in [2.05, 4.69) is 50.4 Å². The predicted molar refractivity (Wildman–Crippen MR) is 230 cm³/mol. The third-order valence-electron chi connectivity index (χ3n) is 10.3. The van der Waals surface area contributed by atoms with Gasteiger partial charge < -0.3 is 74.1 Å². The zero-order valence-electron chi connectivity index (χ0n) is 37.1. The molecular formula is C37H62N7O18P3S-4. The van der Waals surface area contributed by atoms with E-state index in [1.54, 1.807) is 0 Å². The van der Waals surface area contributed by atoms with Gasteiger partial charge in [-0.25, -0.2) is 19.3 Å². The van der Waals surface area contributed by atoms with E-state index >= 15 is 0 Å². The van der Waals surface area contributed by atoms with Crippen molar-refractivity contribution in [3.8, 4) is 0 Å². The summed E-state index contributed by atoms with van der Waals surface area (Å²) < 4.78 is 60.8. The molecule has 378 valence electrons. The van der Waals surface area contributed by atoms with Crippen molar-refractivity contribution < 1.29 is 85.6 Å². The third-order valence-corrected chi connectivity index (χ3v) is 14.2. The number of unbranched alkanes of at least 4 members (excludes halogenated alkanes) is 10. The molecule has 1 saturated heterocycles. The number of anilines is 1. The minimum Gasteiger partial charge on any atom is -0.790 e. The number of aromatic nitrogens is 4. The van der Waals surface area contributed by atoms with Crippen LogP contribution < -0.4 is 35.9 Å². The summed E-state index contributed by atoms with van der Waals surface area (Å²) in [6.45, 7) is 2.21. The molecule has 7 N–H and O–H groups in total. The summed E-state index contributed by atoms with van der Waals surface area (Å²) in [6.07, 6.45) is 5.28. The lowest BCUT2D eigenvalue weighted by Gasteiger charge is -2.36. The monoisotopic (exact) mass is 1020 g/mol. The fourth-order valence-corrected chi connectivity index (χ4v) is 10.1. The van der Waals surface area contributed by atoms with E-state index in [0.717, 1.165) is 48.2 Å². The average Bonchev–Trinajstić information content (AvgIpc) is 3.79. The van der Waals surface area contributed by atoms with Crippen molar-refractivity contribution in [3.05, 3.63) is 12.7 Å². The van der Waals surface area contributed by atoms with Crippen LogP contribution in [0.25, 0.3) is 11.2 Å². The van der Waals surface area contributed by atoms with Gasteiger partial charge >= 0.3 is 0 Å². The number of rotatable bonds is 33. The fourth-order valence-electron chi connectivity index (χ4n) is 6.67. The van der Waals surface area contributed by atoms with Crippen molar-refractivity contribution in [2.24, 2.45) is 5.41 Å². The number of hydrogen-bond acceptors (Lipinski definition) is 23. The van der Waals surface area contributed by atoms with Gasteiger partial charge in [0.25, 0.3) is 15.6 Å². The van der Waals surface area contributed by atoms with Crippen LogP contribution >= 0.6 is 35.2 Å². The molecule has 0 saturated carbocycles. The lowest BCUT2D eigenvalue weighted by Crippen LogP contribution is -2.46. The summed E-state index contributed by atoms with van der Waals surface area (Å²) in [5, 5.41) is 36.4. The van der Waals surface area contributed by atoms with Gasteiger partial charge in [-0.3, -0.25) is 28.1 Å². The zero-order valence-corrected chi connectivity index (χ0v) is 40.6. The van der Waals surface area contributed by atoms with Crippen LogP contribution in [0.1, 0.15) is 117 Å². The van der Waals surface area contributed by atoms with E-state index in [0.29, 0.717) is 6.42 Å².